The average molecular weight is 229 g/mol. The van der Waals surface area contributed by atoms with Gasteiger partial charge in [-0.15, -0.1) is 0 Å². The van der Waals surface area contributed by atoms with Crippen molar-refractivity contribution in [3.63, 3.8) is 0 Å². The predicted octanol–water partition coefficient (Wildman–Crippen LogP) is 3.63. The summed E-state index contributed by atoms with van der Waals surface area (Å²) in [6, 6.07) is 9.94. The van der Waals surface area contributed by atoms with Gasteiger partial charge in [-0.3, -0.25) is 4.98 Å². The summed E-state index contributed by atoms with van der Waals surface area (Å²) in [5, 5.41) is 11.8. The zero-order chi connectivity index (χ0) is 12.3. The predicted molar refractivity (Wildman–Crippen MR) is 70.8 cm³/mol. The van der Waals surface area contributed by atoms with E-state index in [1.807, 2.05) is 37.3 Å². The van der Waals surface area contributed by atoms with Crippen molar-refractivity contribution in [1.29, 1.82) is 0 Å². The second kappa shape index (κ2) is 4.84. The van der Waals surface area contributed by atoms with E-state index < -0.39 is 5.60 Å². The molecule has 1 unspecified atom stereocenters. The van der Waals surface area contributed by atoms with E-state index >= 15 is 0 Å². The molecule has 1 aromatic heterocycles. The van der Waals surface area contributed by atoms with Crippen LogP contribution in [0.15, 0.2) is 36.5 Å². The first kappa shape index (κ1) is 12.1. The Morgan fingerprint density at radius 1 is 1.18 bits per heavy atom. The minimum absolute atomic E-state index is 0.725. The normalized spacial score (nSPS) is 14.8. The molecule has 0 aliphatic carbocycles. The van der Waals surface area contributed by atoms with Crippen molar-refractivity contribution < 1.29 is 5.11 Å². The quantitative estimate of drug-likeness (QED) is 0.868. The third kappa shape index (κ3) is 2.18. The Labute approximate surface area is 102 Å². The number of benzene rings is 1. The molecule has 0 radical (unpaired) electrons. The molecule has 2 nitrogen and oxygen atoms in total. The van der Waals surface area contributed by atoms with Gasteiger partial charge < -0.3 is 5.11 Å². The summed E-state index contributed by atoms with van der Waals surface area (Å²) in [6.07, 6.45) is 4.28. The molecule has 0 saturated carbocycles. The van der Waals surface area contributed by atoms with Crippen LogP contribution in [0, 0.1) is 0 Å². The van der Waals surface area contributed by atoms with Crippen molar-refractivity contribution in [3.8, 4) is 0 Å². The number of nitrogens with zero attached hydrogens (tertiary/aromatic N) is 1. The Bertz CT molecular complexity index is 504. The Kier molecular flexibility index (Phi) is 3.43. The van der Waals surface area contributed by atoms with Gasteiger partial charge in [0.2, 0.25) is 0 Å². The Morgan fingerprint density at radius 3 is 2.71 bits per heavy atom. The lowest BCUT2D eigenvalue weighted by molar-refractivity contribution is 0.0241. The standard InChI is InChI=1S/C15H19NO/c1-3-10-15(17,4-2)13-8-5-9-14-12(13)7-6-11-16-14/h5-9,11,17H,3-4,10H2,1-2H3. The zero-order valence-electron chi connectivity index (χ0n) is 10.5. The number of pyridine rings is 1. The van der Waals surface area contributed by atoms with E-state index in [2.05, 4.69) is 11.9 Å². The van der Waals surface area contributed by atoms with Gasteiger partial charge in [-0.2, -0.15) is 0 Å². The minimum Gasteiger partial charge on any atom is -0.385 e. The highest BCUT2D eigenvalue weighted by Crippen LogP contribution is 2.34. The van der Waals surface area contributed by atoms with Gasteiger partial charge in [-0.25, -0.2) is 0 Å². The molecule has 0 aliphatic rings. The van der Waals surface area contributed by atoms with Gasteiger partial charge in [0.05, 0.1) is 11.1 Å². The largest absolute Gasteiger partial charge is 0.385 e. The smallest absolute Gasteiger partial charge is 0.0900 e. The molecule has 0 spiro atoms. The molecule has 1 heterocycles. The van der Waals surface area contributed by atoms with Crippen molar-refractivity contribution in [3.05, 3.63) is 42.1 Å². The third-order valence-electron chi connectivity index (χ3n) is 3.40. The first-order valence-electron chi connectivity index (χ1n) is 6.28. The van der Waals surface area contributed by atoms with Crippen molar-refractivity contribution in [2.75, 3.05) is 0 Å². The van der Waals surface area contributed by atoms with E-state index in [-0.39, 0.29) is 0 Å². The summed E-state index contributed by atoms with van der Waals surface area (Å²) in [4.78, 5) is 4.34. The monoisotopic (exact) mass is 229 g/mol. The molecule has 0 bridgehead atoms. The van der Waals surface area contributed by atoms with E-state index in [4.69, 9.17) is 0 Å². The van der Waals surface area contributed by atoms with E-state index in [0.717, 1.165) is 35.7 Å². The maximum Gasteiger partial charge on any atom is 0.0900 e. The summed E-state index contributed by atoms with van der Waals surface area (Å²) in [5.74, 6) is 0. The molecule has 0 fully saturated rings. The molecule has 1 N–H and O–H groups in total. The van der Waals surface area contributed by atoms with Gasteiger partial charge in [-0.05, 0) is 30.5 Å². The van der Waals surface area contributed by atoms with Crippen LogP contribution in [0.25, 0.3) is 10.9 Å². The summed E-state index contributed by atoms with van der Waals surface area (Å²) >= 11 is 0. The fourth-order valence-electron chi connectivity index (χ4n) is 2.42. The van der Waals surface area contributed by atoms with E-state index in [1.54, 1.807) is 6.20 Å². The SMILES string of the molecule is CCCC(O)(CC)c1cccc2ncccc12. The van der Waals surface area contributed by atoms with Gasteiger partial charge in [-0.1, -0.05) is 38.5 Å². The first-order chi connectivity index (χ1) is 8.21. The second-order valence-corrected chi connectivity index (χ2v) is 4.51. The van der Waals surface area contributed by atoms with Crippen molar-refractivity contribution in [2.45, 2.75) is 38.7 Å². The van der Waals surface area contributed by atoms with Gasteiger partial charge in [0, 0.05) is 11.6 Å². The van der Waals surface area contributed by atoms with Crippen molar-refractivity contribution >= 4 is 10.9 Å². The molecule has 1 aromatic carbocycles. The summed E-state index contributed by atoms with van der Waals surface area (Å²) in [7, 11) is 0. The molecule has 2 aromatic rings. The molecule has 2 heteroatoms. The first-order valence-corrected chi connectivity index (χ1v) is 6.28. The number of hydrogen-bond acceptors (Lipinski definition) is 2. The van der Waals surface area contributed by atoms with Crippen LogP contribution in [0.4, 0.5) is 0 Å². The minimum atomic E-state index is -0.725. The molecule has 2 rings (SSSR count). The van der Waals surface area contributed by atoms with Crippen LogP contribution in [0.1, 0.15) is 38.7 Å². The summed E-state index contributed by atoms with van der Waals surface area (Å²) < 4.78 is 0. The highest BCUT2D eigenvalue weighted by atomic mass is 16.3. The number of rotatable bonds is 4. The maximum atomic E-state index is 10.8. The fraction of sp³-hybridized carbons (Fsp3) is 0.400. The van der Waals surface area contributed by atoms with Crippen LogP contribution in [0.5, 0.6) is 0 Å². The van der Waals surface area contributed by atoms with Gasteiger partial charge in [0.1, 0.15) is 0 Å². The average Bonchev–Trinajstić information content (AvgIpc) is 2.38. The van der Waals surface area contributed by atoms with Gasteiger partial charge in [0.25, 0.3) is 0 Å². The highest BCUT2D eigenvalue weighted by Gasteiger charge is 2.27. The van der Waals surface area contributed by atoms with Crippen LogP contribution in [-0.2, 0) is 5.60 Å². The van der Waals surface area contributed by atoms with Gasteiger partial charge >= 0.3 is 0 Å². The molecule has 0 aliphatic heterocycles. The van der Waals surface area contributed by atoms with Crippen LogP contribution in [0.3, 0.4) is 0 Å². The van der Waals surface area contributed by atoms with Crippen LogP contribution >= 0.6 is 0 Å². The summed E-state index contributed by atoms with van der Waals surface area (Å²) in [6.45, 7) is 4.13. The fourth-order valence-corrected chi connectivity index (χ4v) is 2.42. The summed E-state index contributed by atoms with van der Waals surface area (Å²) in [5.41, 5.74) is 1.23. The topological polar surface area (TPSA) is 33.1 Å². The van der Waals surface area contributed by atoms with E-state index in [9.17, 15) is 5.11 Å². The molecule has 17 heavy (non-hydrogen) atoms. The van der Waals surface area contributed by atoms with Crippen LogP contribution < -0.4 is 0 Å². The molecule has 90 valence electrons. The van der Waals surface area contributed by atoms with E-state index in [0.29, 0.717) is 0 Å². The Hall–Kier alpha value is -1.41. The van der Waals surface area contributed by atoms with Crippen LogP contribution in [-0.4, -0.2) is 10.1 Å². The van der Waals surface area contributed by atoms with Crippen molar-refractivity contribution in [2.24, 2.45) is 0 Å². The molecular weight excluding hydrogens is 210 g/mol. The molecule has 0 amide bonds. The molecule has 1 atom stereocenters. The number of hydrogen-bond donors (Lipinski definition) is 1. The highest BCUT2D eigenvalue weighted by molar-refractivity contribution is 5.82. The van der Waals surface area contributed by atoms with Crippen molar-refractivity contribution in [1.82, 2.24) is 4.98 Å². The second-order valence-electron chi connectivity index (χ2n) is 4.51. The number of aromatic nitrogens is 1. The van der Waals surface area contributed by atoms with Crippen LogP contribution in [0.2, 0.25) is 0 Å². The van der Waals surface area contributed by atoms with Gasteiger partial charge in [0.15, 0.2) is 0 Å². The molecule has 0 saturated heterocycles. The molecular formula is C15H19NO. The maximum absolute atomic E-state index is 10.8. The number of aliphatic hydroxyl groups is 1. The third-order valence-corrected chi connectivity index (χ3v) is 3.40. The zero-order valence-corrected chi connectivity index (χ0v) is 10.5. The lowest BCUT2D eigenvalue weighted by Gasteiger charge is -2.28. The lowest BCUT2D eigenvalue weighted by atomic mass is 9.85. The number of fused-ring (bicyclic) bond motifs is 1. The van der Waals surface area contributed by atoms with E-state index in [1.165, 1.54) is 0 Å². The lowest BCUT2D eigenvalue weighted by Crippen LogP contribution is -2.24. The Morgan fingerprint density at radius 2 is 2.00 bits per heavy atom. The Balaban J connectivity index is 2.61.